The van der Waals surface area contributed by atoms with Crippen LogP contribution >= 0.6 is 0 Å². The summed E-state index contributed by atoms with van der Waals surface area (Å²) in [5, 5.41) is 8.88. The average molecular weight is 482 g/mol. The minimum absolute atomic E-state index is 1.00. The number of aromatic nitrogens is 1. The van der Waals surface area contributed by atoms with Gasteiger partial charge in [-0.3, -0.25) is 0 Å². The Morgan fingerprint density at radius 2 is 1.03 bits per heavy atom. The number of rotatable bonds is 3. The molecule has 0 spiro atoms. The molecule has 0 aliphatic heterocycles. The molecule has 0 radical (unpaired) electrons. The Bertz CT molecular complexity index is 2090. The third-order valence-corrected chi connectivity index (χ3v) is 7.80. The Kier molecular flexibility index (Phi) is 4.59. The van der Waals surface area contributed by atoms with Crippen molar-refractivity contribution in [1.82, 2.24) is 4.98 Å². The van der Waals surface area contributed by atoms with E-state index < -0.39 is 0 Å². The summed E-state index contributed by atoms with van der Waals surface area (Å²) in [5.41, 5.74) is 8.07. The Hall–Kier alpha value is -5.01. The van der Waals surface area contributed by atoms with E-state index in [1.807, 2.05) is 0 Å². The van der Waals surface area contributed by atoms with Gasteiger partial charge in [-0.1, -0.05) is 115 Å². The van der Waals surface area contributed by atoms with Crippen molar-refractivity contribution in [2.45, 2.75) is 0 Å². The molecule has 0 aliphatic rings. The van der Waals surface area contributed by atoms with Gasteiger partial charge in [-0.15, -0.1) is 0 Å². The molecule has 1 heteroatoms. The van der Waals surface area contributed by atoms with Crippen LogP contribution in [0, 0.1) is 0 Å². The Balaban J connectivity index is 1.41. The lowest BCUT2D eigenvalue weighted by Gasteiger charge is -2.18. The second-order valence-corrected chi connectivity index (χ2v) is 9.99. The van der Waals surface area contributed by atoms with Crippen LogP contribution in [0.3, 0.4) is 0 Å². The first kappa shape index (κ1) is 21.1. The zero-order valence-corrected chi connectivity index (χ0v) is 20.7. The number of benzene rings is 7. The molecule has 0 saturated carbocycles. The highest BCUT2D eigenvalue weighted by molar-refractivity contribution is 6.28. The standard InChI is InChI=1S/C37H23N/c1-3-8-24(9-4-1)28-16-20-34-29(22-28)17-21-35(38-34)33-23-32(25-10-5-2-6-11-25)30-18-14-26-12-7-13-27-15-19-31(33)37(30)36(26)27/h1-23H. The van der Waals surface area contributed by atoms with Crippen LogP contribution in [0.2, 0.25) is 0 Å². The molecule has 0 aliphatic carbocycles. The summed E-state index contributed by atoms with van der Waals surface area (Å²) in [6, 6.07) is 50.2. The average Bonchev–Trinajstić information content (AvgIpc) is 3.00. The van der Waals surface area contributed by atoms with Gasteiger partial charge in [0.05, 0.1) is 11.2 Å². The molecule has 176 valence electrons. The SMILES string of the molecule is c1ccc(-c2ccc3nc(-c4cc(-c5ccccc5)c5ccc6cccc7ccc4c5c67)ccc3c2)cc1. The highest BCUT2D eigenvalue weighted by atomic mass is 14.7. The van der Waals surface area contributed by atoms with Gasteiger partial charge in [-0.25, -0.2) is 4.98 Å². The van der Waals surface area contributed by atoms with Gasteiger partial charge in [0.25, 0.3) is 0 Å². The van der Waals surface area contributed by atoms with Gasteiger partial charge < -0.3 is 0 Å². The Labute approximate surface area is 221 Å². The fraction of sp³-hybridized carbons (Fsp3) is 0. The summed E-state index contributed by atoms with van der Waals surface area (Å²) in [5.74, 6) is 0. The fourth-order valence-corrected chi connectivity index (χ4v) is 5.99. The van der Waals surface area contributed by atoms with Crippen molar-refractivity contribution in [3.05, 3.63) is 140 Å². The van der Waals surface area contributed by atoms with Crippen molar-refractivity contribution in [1.29, 1.82) is 0 Å². The molecule has 1 aromatic heterocycles. The third-order valence-electron chi connectivity index (χ3n) is 7.80. The van der Waals surface area contributed by atoms with Crippen LogP contribution in [-0.2, 0) is 0 Å². The molecule has 0 fully saturated rings. The van der Waals surface area contributed by atoms with Crippen LogP contribution in [0.5, 0.6) is 0 Å². The molecule has 38 heavy (non-hydrogen) atoms. The minimum atomic E-state index is 1.00. The number of pyridine rings is 1. The summed E-state index contributed by atoms with van der Waals surface area (Å²) >= 11 is 0. The van der Waals surface area contributed by atoms with Gasteiger partial charge in [-0.2, -0.15) is 0 Å². The predicted octanol–water partition coefficient (Wildman–Crippen LogP) is 10.1. The Morgan fingerprint density at radius 1 is 0.368 bits per heavy atom. The lowest BCUT2D eigenvalue weighted by atomic mass is 9.86. The summed E-state index contributed by atoms with van der Waals surface area (Å²) in [7, 11) is 0. The minimum Gasteiger partial charge on any atom is -0.248 e. The van der Waals surface area contributed by atoms with Crippen LogP contribution in [0.4, 0.5) is 0 Å². The van der Waals surface area contributed by atoms with Crippen molar-refractivity contribution < 1.29 is 0 Å². The number of hydrogen-bond acceptors (Lipinski definition) is 1. The van der Waals surface area contributed by atoms with E-state index in [4.69, 9.17) is 4.98 Å². The normalized spacial score (nSPS) is 11.7. The lowest BCUT2D eigenvalue weighted by molar-refractivity contribution is 1.41. The molecule has 8 rings (SSSR count). The van der Waals surface area contributed by atoms with Crippen molar-refractivity contribution in [3.63, 3.8) is 0 Å². The first-order chi connectivity index (χ1) is 18.8. The van der Waals surface area contributed by atoms with Crippen LogP contribution in [0.15, 0.2) is 140 Å². The van der Waals surface area contributed by atoms with Crippen molar-refractivity contribution in [3.8, 4) is 33.5 Å². The monoisotopic (exact) mass is 481 g/mol. The van der Waals surface area contributed by atoms with Gasteiger partial charge in [0.1, 0.15) is 0 Å². The molecule has 7 aromatic carbocycles. The van der Waals surface area contributed by atoms with E-state index >= 15 is 0 Å². The van der Waals surface area contributed by atoms with Gasteiger partial charge >= 0.3 is 0 Å². The van der Waals surface area contributed by atoms with E-state index in [9.17, 15) is 0 Å². The topological polar surface area (TPSA) is 12.9 Å². The van der Waals surface area contributed by atoms with Gasteiger partial charge in [0, 0.05) is 10.9 Å². The van der Waals surface area contributed by atoms with Gasteiger partial charge in [0.15, 0.2) is 0 Å². The van der Waals surface area contributed by atoms with Crippen LogP contribution in [-0.4, -0.2) is 4.98 Å². The van der Waals surface area contributed by atoms with E-state index in [2.05, 4.69) is 140 Å². The quantitative estimate of drug-likeness (QED) is 0.229. The molecular formula is C37H23N. The zero-order chi connectivity index (χ0) is 25.1. The second-order valence-electron chi connectivity index (χ2n) is 9.99. The predicted molar refractivity (Wildman–Crippen MR) is 162 cm³/mol. The molecule has 1 nitrogen and oxygen atoms in total. The van der Waals surface area contributed by atoms with Crippen molar-refractivity contribution in [2.75, 3.05) is 0 Å². The second kappa shape index (κ2) is 8.26. The summed E-state index contributed by atoms with van der Waals surface area (Å²) < 4.78 is 0. The Morgan fingerprint density at radius 3 is 1.76 bits per heavy atom. The molecule has 0 unspecified atom stereocenters. The largest absolute Gasteiger partial charge is 0.248 e. The van der Waals surface area contributed by atoms with Gasteiger partial charge in [0.2, 0.25) is 0 Å². The van der Waals surface area contributed by atoms with Crippen LogP contribution in [0.1, 0.15) is 0 Å². The first-order valence-electron chi connectivity index (χ1n) is 13.1. The van der Waals surface area contributed by atoms with Crippen molar-refractivity contribution in [2.24, 2.45) is 0 Å². The van der Waals surface area contributed by atoms with Crippen molar-refractivity contribution >= 4 is 43.2 Å². The molecule has 0 amide bonds. The molecule has 0 bridgehead atoms. The van der Waals surface area contributed by atoms with E-state index in [0.717, 1.165) is 16.6 Å². The number of nitrogens with zero attached hydrogens (tertiary/aromatic N) is 1. The fourth-order valence-electron chi connectivity index (χ4n) is 5.99. The molecule has 0 N–H and O–H groups in total. The first-order valence-corrected chi connectivity index (χ1v) is 13.1. The molecule has 8 aromatic rings. The van der Waals surface area contributed by atoms with E-state index in [0.29, 0.717) is 0 Å². The van der Waals surface area contributed by atoms with E-state index in [1.54, 1.807) is 0 Å². The summed E-state index contributed by atoms with van der Waals surface area (Å²) in [6.07, 6.45) is 0. The lowest BCUT2D eigenvalue weighted by Crippen LogP contribution is -1.93. The molecule has 0 saturated heterocycles. The highest BCUT2D eigenvalue weighted by Gasteiger charge is 2.17. The maximum absolute atomic E-state index is 5.20. The zero-order valence-electron chi connectivity index (χ0n) is 20.7. The maximum Gasteiger partial charge on any atom is 0.0716 e. The molecule has 1 heterocycles. The molecular weight excluding hydrogens is 458 g/mol. The van der Waals surface area contributed by atoms with Gasteiger partial charge in [-0.05, 0) is 78.8 Å². The third kappa shape index (κ3) is 3.22. The summed E-state index contributed by atoms with van der Waals surface area (Å²) in [6.45, 7) is 0. The maximum atomic E-state index is 5.20. The van der Waals surface area contributed by atoms with Crippen LogP contribution < -0.4 is 0 Å². The number of fused-ring (bicyclic) bond motifs is 1. The summed E-state index contributed by atoms with van der Waals surface area (Å²) in [4.78, 5) is 5.20. The number of hydrogen-bond donors (Lipinski definition) is 0. The van der Waals surface area contributed by atoms with E-state index in [1.165, 1.54) is 60.1 Å². The van der Waals surface area contributed by atoms with E-state index in [-0.39, 0.29) is 0 Å². The highest BCUT2D eigenvalue weighted by Crippen LogP contribution is 2.43. The smallest absolute Gasteiger partial charge is 0.0716 e. The molecule has 0 atom stereocenters. The van der Waals surface area contributed by atoms with Crippen LogP contribution in [0.25, 0.3) is 76.7 Å².